The molecule has 0 saturated heterocycles. The smallest absolute Gasteiger partial charge is 0.270 e. The van der Waals surface area contributed by atoms with E-state index in [4.69, 9.17) is 0 Å². The number of amides is 2. The predicted octanol–water partition coefficient (Wildman–Crippen LogP) is 2.35. The molecule has 0 fully saturated rings. The first kappa shape index (κ1) is 15.0. The molecule has 0 atom stereocenters. The zero-order valence-corrected chi connectivity index (χ0v) is 12.4. The summed E-state index contributed by atoms with van der Waals surface area (Å²) in [5.74, 6) is 1.22. The highest BCUT2D eigenvalue weighted by Gasteiger charge is 2.09. The first-order valence-electron chi connectivity index (χ1n) is 5.56. The first-order valence-corrected chi connectivity index (χ1v) is 7.51. The Hall–Kier alpha value is -1.01. The van der Waals surface area contributed by atoms with Gasteiger partial charge >= 0.3 is 0 Å². The van der Waals surface area contributed by atoms with Crippen molar-refractivity contribution in [3.05, 3.63) is 34.3 Å². The van der Waals surface area contributed by atoms with Crippen molar-refractivity contribution in [2.75, 3.05) is 11.5 Å². The quantitative estimate of drug-likeness (QED) is 0.643. The molecule has 0 aliphatic carbocycles. The minimum Gasteiger partial charge on any atom is -0.273 e. The molecule has 0 aliphatic rings. The van der Waals surface area contributed by atoms with E-state index in [9.17, 15) is 9.59 Å². The van der Waals surface area contributed by atoms with Crippen LogP contribution >= 0.6 is 27.7 Å². The predicted molar refractivity (Wildman–Crippen MR) is 77.4 cm³/mol. The van der Waals surface area contributed by atoms with Crippen molar-refractivity contribution in [2.24, 2.45) is 0 Å². The number of hydrogen-bond donors (Lipinski definition) is 2. The molecule has 0 heterocycles. The maximum Gasteiger partial charge on any atom is 0.270 e. The Bertz CT molecular complexity index is 426. The van der Waals surface area contributed by atoms with E-state index in [0.717, 1.165) is 11.5 Å². The highest BCUT2D eigenvalue weighted by Crippen LogP contribution is 2.15. The molecule has 6 heteroatoms. The average Bonchev–Trinajstić information content (AvgIpc) is 2.37. The van der Waals surface area contributed by atoms with Gasteiger partial charge in [-0.1, -0.05) is 19.1 Å². The lowest BCUT2D eigenvalue weighted by Crippen LogP contribution is -2.41. The summed E-state index contributed by atoms with van der Waals surface area (Å²) in [6.45, 7) is 2.04. The van der Waals surface area contributed by atoms with Crippen LogP contribution in [0.4, 0.5) is 0 Å². The van der Waals surface area contributed by atoms with Gasteiger partial charge in [0.2, 0.25) is 5.91 Å². The third-order valence-corrected chi connectivity index (χ3v) is 3.70. The second-order valence-corrected chi connectivity index (χ2v) is 5.68. The molecule has 1 rings (SSSR count). The summed E-state index contributed by atoms with van der Waals surface area (Å²) in [6.07, 6.45) is 0.398. The molecule has 98 valence electrons. The Kier molecular flexibility index (Phi) is 6.82. The number of rotatable bonds is 5. The van der Waals surface area contributed by atoms with Crippen LogP contribution < -0.4 is 10.9 Å². The molecule has 18 heavy (non-hydrogen) atoms. The van der Waals surface area contributed by atoms with Crippen LogP contribution in [0, 0.1) is 0 Å². The molecule has 0 bridgehead atoms. The molecule has 0 unspecified atom stereocenters. The fraction of sp³-hybridized carbons (Fsp3) is 0.333. The fourth-order valence-corrected chi connectivity index (χ4v) is 2.29. The molecule has 0 aromatic heterocycles. The number of thioether (sulfide) groups is 1. The lowest BCUT2D eigenvalue weighted by Gasteiger charge is -2.08. The van der Waals surface area contributed by atoms with Gasteiger partial charge in [-0.15, -0.1) is 0 Å². The molecule has 1 aromatic rings. The van der Waals surface area contributed by atoms with Crippen LogP contribution in [-0.4, -0.2) is 23.3 Å². The average molecular weight is 331 g/mol. The minimum absolute atomic E-state index is 0.184. The lowest BCUT2D eigenvalue weighted by atomic mass is 10.2. The maximum atomic E-state index is 11.7. The van der Waals surface area contributed by atoms with Crippen molar-refractivity contribution in [3.8, 4) is 0 Å². The summed E-state index contributed by atoms with van der Waals surface area (Å²) in [4.78, 5) is 23.1. The van der Waals surface area contributed by atoms with E-state index in [1.54, 1.807) is 30.0 Å². The van der Waals surface area contributed by atoms with E-state index in [2.05, 4.69) is 26.8 Å². The fourth-order valence-electron chi connectivity index (χ4n) is 1.21. The SMILES string of the molecule is CCSCCC(=O)NNC(=O)c1ccccc1Br. The summed E-state index contributed by atoms with van der Waals surface area (Å²) in [6, 6.07) is 7.04. The van der Waals surface area contributed by atoms with Crippen LogP contribution in [0.2, 0.25) is 0 Å². The van der Waals surface area contributed by atoms with E-state index in [0.29, 0.717) is 16.5 Å². The van der Waals surface area contributed by atoms with Crippen molar-refractivity contribution in [1.82, 2.24) is 10.9 Å². The summed E-state index contributed by atoms with van der Waals surface area (Å²) in [7, 11) is 0. The second kappa shape index (κ2) is 8.16. The summed E-state index contributed by atoms with van der Waals surface area (Å²) in [5, 5.41) is 0. The van der Waals surface area contributed by atoms with Gasteiger partial charge in [0, 0.05) is 16.6 Å². The molecule has 2 N–H and O–H groups in total. The van der Waals surface area contributed by atoms with E-state index in [1.807, 2.05) is 13.0 Å². The number of benzene rings is 1. The van der Waals surface area contributed by atoms with Crippen molar-refractivity contribution < 1.29 is 9.59 Å². The Morgan fingerprint density at radius 3 is 2.67 bits per heavy atom. The summed E-state index contributed by atoms with van der Waals surface area (Å²) >= 11 is 4.97. The van der Waals surface area contributed by atoms with Crippen molar-refractivity contribution in [1.29, 1.82) is 0 Å². The standard InChI is InChI=1S/C12H15BrN2O2S/c1-2-18-8-7-11(16)14-15-12(17)9-5-3-4-6-10(9)13/h3-6H,2,7-8H2,1H3,(H,14,16)(H,15,17). The van der Waals surface area contributed by atoms with Gasteiger partial charge in [-0.2, -0.15) is 11.8 Å². The normalized spacial score (nSPS) is 9.89. The van der Waals surface area contributed by atoms with Crippen LogP contribution in [0.5, 0.6) is 0 Å². The summed E-state index contributed by atoms with van der Waals surface area (Å²) in [5.41, 5.74) is 5.27. The number of carbonyl (C=O) groups is 2. The van der Waals surface area contributed by atoms with E-state index < -0.39 is 0 Å². The third kappa shape index (κ3) is 5.10. The summed E-state index contributed by atoms with van der Waals surface area (Å²) < 4.78 is 0.693. The Balaban J connectivity index is 2.38. The lowest BCUT2D eigenvalue weighted by molar-refractivity contribution is -0.121. The van der Waals surface area contributed by atoms with Gasteiger partial charge in [-0.05, 0) is 33.8 Å². The highest BCUT2D eigenvalue weighted by atomic mass is 79.9. The number of hydrogen-bond acceptors (Lipinski definition) is 3. The monoisotopic (exact) mass is 330 g/mol. The topological polar surface area (TPSA) is 58.2 Å². The van der Waals surface area contributed by atoms with Crippen molar-refractivity contribution in [2.45, 2.75) is 13.3 Å². The Morgan fingerprint density at radius 2 is 2.00 bits per heavy atom. The largest absolute Gasteiger partial charge is 0.273 e. The molecule has 0 aliphatic heterocycles. The van der Waals surface area contributed by atoms with Gasteiger partial charge in [0.25, 0.3) is 5.91 Å². The van der Waals surface area contributed by atoms with Gasteiger partial charge in [0.15, 0.2) is 0 Å². The number of halogens is 1. The zero-order valence-electron chi connectivity index (χ0n) is 10.0. The van der Waals surface area contributed by atoms with Crippen LogP contribution in [0.3, 0.4) is 0 Å². The zero-order chi connectivity index (χ0) is 13.4. The molecule has 2 amide bonds. The van der Waals surface area contributed by atoms with Crippen molar-refractivity contribution >= 4 is 39.5 Å². The molecule has 1 aromatic carbocycles. The van der Waals surface area contributed by atoms with E-state index in [-0.39, 0.29) is 11.8 Å². The van der Waals surface area contributed by atoms with Gasteiger partial charge in [-0.25, -0.2) is 0 Å². The van der Waals surface area contributed by atoms with Gasteiger partial charge in [-0.3, -0.25) is 20.4 Å². The molecule has 0 radical (unpaired) electrons. The van der Waals surface area contributed by atoms with Gasteiger partial charge in [0.05, 0.1) is 5.56 Å². The van der Waals surface area contributed by atoms with E-state index in [1.165, 1.54) is 0 Å². The van der Waals surface area contributed by atoms with Crippen molar-refractivity contribution in [3.63, 3.8) is 0 Å². The van der Waals surface area contributed by atoms with Gasteiger partial charge < -0.3 is 0 Å². The third-order valence-electron chi connectivity index (χ3n) is 2.11. The number of nitrogens with one attached hydrogen (secondary N) is 2. The number of carbonyl (C=O) groups excluding carboxylic acids is 2. The molecule has 0 saturated carbocycles. The Morgan fingerprint density at radius 1 is 1.28 bits per heavy atom. The second-order valence-electron chi connectivity index (χ2n) is 3.43. The first-order chi connectivity index (χ1) is 8.65. The minimum atomic E-state index is -0.334. The van der Waals surface area contributed by atoms with Gasteiger partial charge in [0.1, 0.15) is 0 Å². The maximum absolute atomic E-state index is 11.7. The number of hydrazine groups is 1. The van der Waals surface area contributed by atoms with Crippen LogP contribution in [0.25, 0.3) is 0 Å². The molecule has 4 nitrogen and oxygen atoms in total. The highest BCUT2D eigenvalue weighted by molar-refractivity contribution is 9.10. The molecular formula is C12H15BrN2O2S. The van der Waals surface area contributed by atoms with Crippen LogP contribution in [0.1, 0.15) is 23.7 Å². The van der Waals surface area contributed by atoms with Crippen LogP contribution in [0.15, 0.2) is 28.7 Å². The molecule has 0 spiro atoms. The van der Waals surface area contributed by atoms with Crippen LogP contribution in [-0.2, 0) is 4.79 Å². The Labute approximate surface area is 119 Å². The van der Waals surface area contributed by atoms with E-state index >= 15 is 0 Å². The molecular weight excluding hydrogens is 316 g/mol.